The van der Waals surface area contributed by atoms with Crippen molar-refractivity contribution >= 4 is 5.91 Å². The lowest BCUT2D eigenvalue weighted by Crippen LogP contribution is -2.44. The molecule has 0 bridgehead atoms. The van der Waals surface area contributed by atoms with Crippen LogP contribution in [0.5, 0.6) is 0 Å². The number of carbonyl (C=O) groups excluding carboxylic acids is 1. The minimum absolute atomic E-state index is 0.260. The van der Waals surface area contributed by atoms with Gasteiger partial charge < -0.3 is 10.0 Å². The van der Waals surface area contributed by atoms with E-state index in [0.29, 0.717) is 18.5 Å². The average Bonchev–Trinajstić information content (AvgIpc) is 3.39. The third-order valence-electron chi connectivity index (χ3n) is 5.11. The number of rotatable bonds is 6. The summed E-state index contributed by atoms with van der Waals surface area (Å²) in [7, 11) is 0. The lowest BCUT2D eigenvalue weighted by Gasteiger charge is -2.32. The van der Waals surface area contributed by atoms with Gasteiger partial charge in [-0.05, 0) is 57.2 Å². The van der Waals surface area contributed by atoms with Gasteiger partial charge in [-0.2, -0.15) is 0 Å². The van der Waals surface area contributed by atoms with Crippen LogP contribution in [0.4, 0.5) is 0 Å². The Morgan fingerprint density at radius 3 is 2.39 bits per heavy atom. The van der Waals surface area contributed by atoms with Gasteiger partial charge in [-0.3, -0.25) is 9.69 Å². The third-order valence-corrected chi connectivity index (χ3v) is 5.11. The molecule has 1 aromatic carbocycles. The summed E-state index contributed by atoms with van der Waals surface area (Å²) in [6, 6.07) is 8.93. The van der Waals surface area contributed by atoms with Crippen LogP contribution in [0, 0.1) is 12.8 Å². The molecule has 1 saturated heterocycles. The Bertz CT molecular complexity index is 517. The zero-order chi connectivity index (χ0) is 16.2. The first-order valence-electron chi connectivity index (χ1n) is 8.84. The number of aryl methyl sites for hydroxylation is 1. The Balaban J connectivity index is 1.55. The van der Waals surface area contributed by atoms with E-state index in [1.807, 2.05) is 0 Å². The topological polar surface area (TPSA) is 43.8 Å². The van der Waals surface area contributed by atoms with Crippen molar-refractivity contribution in [3.05, 3.63) is 35.4 Å². The fourth-order valence-electron chi connectivity index (χ4n) is 3.31. The number of hydrogen-bond acceptors (Lipinski definition) is 3. The molecule has 2 aliphatic rings. The fraction of sp³-hybridized carbons (Fsp3) is 0.632. The number of carbonyl (C=O) groups is 1. The Morgan fingerprint density at radius 2 is 1.83 bits per heavy atom. The summed E-state index contributed by atoms with van der Waals surface area (Å²) in [4.78, 5) is 17.1. The van der Waals surface area contributed by atoms with Crippen molar-refractivity contribution in [2.45, 2.75) is 45.2 Å². The van der Waals surface area contributed by atoms with Crippen molar-refractivity contribution in [1.82, 2.24) is 9.80 Å². The van der Waals surface area contributed by atoms with E-state index in [4.69, 9.17) is 0 Å². The fourth-order valence-corrected chi connectivity index (χ4v) is 3.31. The first-order valence-corrected chi connectivity index (χ1v) is 8.84. The molecule has 1 aliphatic carbocycles. The quantitative estimate of drug-likeness (QED) is 0.875. The van der Waals surface area contributed by atoms with Crippen LogP contribution in [0.1, 0.15) is 36.8 Å². The molecule has 0 unspecified atom stereocenters. The summed E-state index contributed by atoms with van der Waals surface area (Å²) < 4.78 is 0. The molecular weight excluding hydrogens is 288 g/mol. The zero-order valence-corrected chi connectivity index (χ0v) is 14.1. The summed E-state index contributed by atoms with van der Waals surface area (Å²) in [5.74, 6) is 0.684. The van der Waals surface area contributed by atoms with E-state index < -0.39 is 0 Å². The molecule has 1 aromatic rings. The molecule has 0 spiro atoms. The van der Waals surface area contributed by atoms with Crippen LogP contribution in [0.2, 0.25) is 0 Å². The van der Waals surface area contributed by atoms with Crippen molar-refractivity contribution < 1.29 is 9.90 Å². The Hall–Kier alpha value is -1.39. The van der Waals surface area contributed by atoms with Gasteiger partial charge in [-0.15, -0.1) is 0 Å². The lowest BCUT2D eigenvalue weighted by atomic mass is 9.98. The van der Waals surface area contributed by atoms with Gasteiger partial charge in [0.25, 0.3) is 0 Å². The molecule has 0 radical (unpaired) electrons. The monoisotopic (exact) mass is 316 g/mol. The number of benzene rings is 1. The van der Waals surface area contributed by atoms with E-state index in [9.17, 15) is 9.90 Å². The number of aliphatic hydroxyl groups excluding tert-OH is 1. The molecule has 0 aromatic heterocycles. The van der Waals surface area contributed by atoms with Crippen molar-refractivity contribution in [2.75, 3.05) is 26.2 Å². The van der Waals surface area contributed by atoms with Gasteiger partial charge in [-0.25, -0.2) is 0 Å². The van der Waals surface area contributed by atoms with E-state index >= 15 is 0 Å². The normalized spacial score (nSPS) is 19.7. The summed E-state index contributed by atoms with van der Waals surface area (Å²) in [6.45, 7) is 5.49. The van der Waals surface area contributed by atoms with Gasteiger partial charge in [0.2, 0.25) is 5.91 Å². The second kappa shape index (κ2) is 7.45. The highest BCUT2D eigenvalue weighted by Crippen LogP contribution is 2.29. The smallest absolute Gasteiger partial charge is 0.237 e. The molecule has 4 heteroatoms. The zero-order valence-electron chi connectivity index (χ0n) is 14.1. The van der Waals surface area contributed by atoms with Gasteiger partial charge in [0, 0.05) is 19.2 Å². The molecular formula is C19H28N2O2. The largest absolute Gasteiger partial charge is 0.396 e. The molecule has 2 fully saturated rings. The van der Waals surface area contributed by atoms with Crippen molar-refractivity contribution in [1.29, 1.82) is 0 Å². The van der Waals surface area contributed by atoms with E-state index in [2.05, 4.69) is 41.0 Å². The molecule has 1 N–H and O–H groups in total. The minimum Gasteiger partial charge on any atom is -0.396 e. The number of aliphatic hydroxyl groups is 1. The maximum atomic E-state index is 12.8. The Labute approximate surface area is 139 Å². The average molecular weight is 316 g/mol. The maximum Gasteiger partial charge on any atom is 0.237 e. The molecule has 126 valence electrons. The number of piperidine rings is 1. The van der Waals surface area contributed by atoms with Crippen LogP contribution >= 0.6 is 0 Å². The van der Waals surface area contributed by atoms with Crippen LogP contribution in [0.3, 0.4) is 0 Å². The Morgan fingerprint density at radius 1 is 1.17 bits per heavy atom. The number of amides is 1. The lowest BCUT2D eigenvalue weighted by molar-refractivity contribution is -0.134. The highest BCUT2D eigenvalue weighted by molar-refractivity contribution is 5.79. The molecule has 0 atom stereocenters. The van der Waals surface area contributed by atoms with E-state index in [0.717, 1.165) is 45.3 Å². The molecule has 1 amide bonds. The summed E-state index contributed by atoms with van der Waals surface area (Å²) >= 11 is 0. The predicted octanol–water partition coefficient (Wildman–Crippen LogP) is 2.19. The summed E-state index contributed by atoms with van der Waals surface area (Å²) in [5.41, 5.74) is 2.47. The highest BCUT2D eigenvalue weighted by atomic mass is 16.3. The van der Waals surface area contributed by atoms with Gasteiger partial charge in [-0.1, -0.05) is 29.8 Å². The van der Waals surface area contributed by atoms with E-state index in [-0.39, 0.29) is 12.5 Å². The second-order valence-corrected chi connectivity index (χ2v) is 7.14. The van der Waals surface area contributed by atoms with Gasteiger partial charge in [0.1, 0.15) is 0 Å². The van der Waals surface area contributed by atoms with Crippen molar-refractivity contribution in [3.63, 3.8) is 0 Å². The highest BCUT2D eigenvalue weighted by Gasteiger charge is 2.33. The van der Waals surface area contributed by atoms with Crippen LogP contribution in [0.25, 0.3) is 0 Å². The van der Waals surface area contributed by atoms with Gasteiger partial charge >= 0.3 is 0 Å². The van der Waals surface area contributed by atoms with Gasteiger partial charge in [0.15, 0.2) is 0 Å². The van der Waals surface area contributed by atoms with Crippen LogP contribution in [0.15, 0.2) is 24.3 Å². The van der Waals surface area contributed by atoms with E-state index in [1.165, 1.54) is 11.1 Å². The van der Waals surface area contributed by atoms with Crippen LogP contribution in [-0.4, -0.2) is 53.1 Å². The van der Waals surface area contributed by atoms with Crippen LogP contribution < -0.4 is 0 Å². The number of likely N-dealkylation sites (tertiary alicyclic amines) is 1. The molecule has 3 rings (SSSR count). The van der Waals surface area contributed by atoms with Crippen molar-refractivity contribution in [2.24, 2.45) is 5.92 Å². The Kier molecular flexibility index (Phi) is 5.34. The third kappa shape index (κ3) is 4.55. The molecule has 1 saturated carbocycles. The first-order chi connectivity index (χ1) is 11.2. The van der Waals surface area contributed by atoms with E-state index in [1.54, 1.807) is 0 Å². The molecule has 1 aliphatic heterocycles. The SMILES string of the molecule is Cc1ccc(CN(C(=O)CN2CCC(CO)CC2)C2CC2)cc1. The standard InChI is InChI=1S/C19H28N2O2/c1-15-2-4-16(5-3-15)12-21(18-6-7-18)19(23)13-20-10-8-17(14-22)9-11-20/h2-5,17-18,22H,6-14H2,1H3. The second-order valence-electron chi connectivity index (χ2n) is 7.14. The minimum atomic E-state index is 0.260. The first kappa shape index (κ1) is 16.5. The number of nitrogens with zero attached hydrogens (tertiary/aromatic N) is 2. The van der Waals surface area contributed by atoms with Gasteiger partial charge in [0.05, 0.1) is 6.54 Å². The summed E-state index contributed by atoms with van der Waals surface area (Å²) in [5, 5.41) is 9.22. The number of hydrogen-bond donors (Lipinski definition) is 1. The molecule has 23 heavy (non-hydrogen) atoms. The molecule has 4 nitrogen and oxygen atoms in total. The summed E-state index contributed by atoms with van der Waals surface area (Å²) in [6.07, 6.45) is 4.30. The maximum absolute atomic E-state index is 12.8. The molecule has 1 heterocycles. The van der Waals surface area contributed by atoms with Crippen molar-refractivity contribution in [3.8, 4) is 0 Å². The predicted molar refractivity (Wildman–Crippen MR) is 91.0 cm³/mol. The van der Waals surface area contributed by atoms with Crippen LogP contribution in [-0.2, 0) is 11.3 Å².